The first-order chi connectivity index (χ1) is 9.88. The Morgan fingerprint density at radius 3 is 2.71 bits per heavy atom. The number of carboxylic acid groups (broad SMARTS) is 1. The van der Waals surface area contributed by atoms with Gasteiger partial charge in [0.2, 0.25) is 10.0 Å². The Labute approximate surface area is 128 Å². The number of hydrogen-bond donors (Lipinski definition) is 2. The molecule has 0 unspecified atom stereocenters. The van der Waals surface area contributed by atoms with E-state index >= 15 is 0 Å². The van der Waals surface area contributed by atoms with Crippen LogP contribution < -0.4 is 4.72 Å². The van der Waals surface area contributed by atoms with Crippen molar-refractivity contribution in [3.63, 3.8) is 0 Å². The molecule has 2 heterocycles. The third-order valence-corrected chi connectivity index (χ3v) is 6.67. The van der Waals surface area contributed by atoms with E-state index in [1.54, 1.807) is 0 Å². The molecular weight excluding hydrogens is 312 g/mol. The third-order valence-electron chi connectivity index (χ3n) is 3.77. The normalized spacial score (nSPS) is 18.0. The summed E-state index contributed by atoms with van der Waals surface area (Å²) in [5, 5.41) is 10.2. The van der Waals surface area contributed by atoms with Crippen molar-refractivity contribution in [1.82, 2.24) is 9.62 Å². The molecule has 21 heavy (non-hydrogen) atoms. The smallest absolute Gasteiger partial charge is 0.336 e. The summed E-state index contributed by atoms with van der Waals surface area (Å²) >= 11 is 0.933. The van der Waals surface area contributed by atoms with Gasteiger partial charge in [-0.1, -0.05) is 0 Å². The van der Waals surface area contributed by atoms with Crippen molar-refractivity contribution in [2.45, 2.75) is 23.5 Å². The van der Waals surface area contributed by atoms with Crippen LogP contribution in [0, 0.1) is 5.92 Å². The maximum atomic E-state index is 12.1. The van der Waals surface area contributed by atoms with Gasteiger partial charge in [-0.3, -0.25) is 0 Å². The Hall–Kier alpha value is -0.960. The van der Waals surface area contributed by atoms with Gasteiger partial charge in [0.25, 0.3) is 0 Å². The summed E-state index contributed by atoms with van der Waals surface area (Å²) in [6.07, 6.45) is 3.02. The number of carbonyl (C=O) groups is 1. The molecule has 0 atom stereocenters. The molecule has 1 aliphatic heterocycles. The summed E-state index contributed by atoms with van der Waals surface area (Å²) in [5.41, 5.74) is 0.00990. The minimum atomic E-state index is -3.59. The van der Waals surface area contributed by atoms with Crippen LogP contribution >= 0.6 is 11.3 Å². The van der Waals surface area contributed by atoms with Crippen LogP contribution in [0.4, 0.5) is 0 Å². The molecule has 1 aromatic rings. The molecule has 1 fully saturated rings. The lowest BCUT2D eigenvalue weighted by molar-refractivity contribution is 0.0697. The highest BCUT2D eigenvalue weighted by atomic mass is 32.2. The summed E-state index contributed by atoms with van der Waals surface area (Å²) in [6, 6.07) is 1.20. The van der Waals surface area contributed by atoms with E-state index in [-0.39, 0.29) is 9.77 Å². The van der Waals surface area contributed by atoms with Gasteiger partial charge in [-0.05, 0) is 51.4 Å². The fourth-order valence-corrected chi connectivity index (χ4v) is 4.63. The second kappa shape index (κ2) is 6.87. The van der Waals surface area contributed by atoms with Gasteiger partial charge in [0.1, 0.15) is 4.21 Å². The van der Waals surface area contributed by atoms with Gasteiger partial charge in [0.05, 0.1) is 5.56 Å². The van der Waals surface area contributed by atoms with Crippen LogP contribution in [0.5, 0.6) is 0 Å². The quantitative estimate of drug-likeness (QED) is 0.823. The van der Waals surface area contributed by atoms with Crippen molar-refractivity contribution in [3.8, 4) is 0 Å². The maximum absolute atomic E-state index is 12.1. The lowest BCUT2D eigenvalue weighted by Gasteiger charge is -2.28. The second-order valence-corrected chi connectivity index (χ2v) is 8.30. The molecule has 0 bridgehead atoms. The predicted molar refractivity (Wildman–Crippen MR) is 81.3 cm³/mol. The van der Waals surface area contributed by atoms with E-state index in [9.17, 15) is 13.2 Å². The molecule has 0 saturated carbocycles. The number of thiophene rings is 1. The fourth-order valence-electron chi connectivity index (χ4n) is 2.39. The van der Waals surface area contributed by atoms with Crippen LogP contribution in [0.1, 0.15) is 29.6 Å². The highest BCUT2D eigenvalue weighted by molar-refractivity contribution is 7.91. The number of hydrogen-bond acceptors (Lipinski definition) is 5. The van der Waals surface area contributed by atoms with Gasteiger partial charge >= 0.3 is 5.97 Å². The fraction of sp³-hybridized carbons (Fsp3) is 0.615. The summed E-state index contributed by atoms with van der Waals surface area (Å²) < 4.78 is 26.7. The molecule has 0 aliphatic carbocycles. The number of sulfonamides is 1. The van der Waals surface area contributed by atoms with E-state index in [1.165, 1.54) is 11.4 Å². The number of aromatic carboxylic acids is 1. The number of nitrogens with one attached hydrogen (secondary N) is 1. The topological polar surface area (TPSA) is 86.7 Å². The minimum absolute atomic E-state index is 0.00990. The van der Waals surface area contributed by atoms with Crippen LogP contribution in [-0.2, 0) is 10.0 Å². The molecule has 1 saturated heterocycles. The van der Waals surface area contributed by atoms with Crippen LogP contribution in [-0.4, -0.2) is 51.1 Å². The van der Waals surface area contributed by atoms with Crippen molar-refractivity contribution < 1.29 is 18.3 Å². The molecule has 0 radical (unpaired) electrons. The maximum Gasteiger partial charge on any atom is 0.336 e. The Kier molecular flexibility index (Phi) is 5.37. The Bertz CT molecular complexity index is 589. The van der Waals surface area contributed by atoms with E-state index < -0.39 is 16.0 Å². The Morgan fingerprint density at radius 2 is 2.14 bits per heavy atom. The van der Waals surface area contributed by atoms with Gasteiger partial charge in [-0.2, -0.15) is 0 Å². The summed E-state index contributed by atoms with van der Waals surface area (Å²) in [4.78, 5) is 13.1. The molecule has 0 aromatic carbocycles. The van der Waals surface area contributed by atoms with Gasteiger partial charge in [-0.25, -0.2) is 17.9 Å². The largest absolute Gasteiger partial charge is 0.478 e. The van der Waals surface area contributed by atoms with Crippen molar-refractivity contribution >= 4 is 27.3 Å². The van der Waals surface area contributed by atoms with Crippen LogP contribution in [0.25, 0.3) is 0 Å². The minimum Gasteiger partial charge on any atom is -0.478 e. The zero-order valence-corrected chi connectivity index (χ0v) is 13.5. The number of carboxylic acids is 1. The summed E-state index contributed by atoms with van der Waals surface area (Å²) in [5.74, 6) is -0.555. The molecule has 0 spiro atoms. The van der Waals surface area contributed by atoms with Gasteiger partial charge in [0, 0.05) is 11.9 Å². The average Bonchev–Trinajstić information content (AvgIpc) is 2.91. The van der Waals surface area contributed by atoms with Crippen LogP contribution in [0.15, 0.2) is 15.7 Å². The van der Waals surface area contributed by atoms with Crippen LogP contribution in [0.3, 0.4) is 0 Å². The molecular formula is C13H20N2O4S2. The van der Waals surface area contributed by atoms with Gasteiger partial charge < -0.3 is 10.0 Å². The van der Waals surface area contributed by atoms with Gasteiger partial charge in [0.15, 0.2) is 0 Å². The average molecular weight is 332 g/mol. The molecule has 2 N–H and O–H groups in total. The number of piperidine rings is 1. The zero-order valence-electron chi connectivity index (χ0n) is 11.9. The van der Waals surface area contributed by atoms with Gasteiger partial charge in [-0.15, -0.1) is 11.3 Å². The molecule has 2 rings (SSSR count). The lowest BCUT2D eigenvalue weighted by atomic mass is 9.94. The van der Waals surface area contributed by atoms with E-state index in [1.807, 2.05) is 0 Å². The van der Waals surface area contributed by atoms with E-state index in [0.29, 0.717) is 12.5 Å². The highest BCUT2D eigenvalue weighted by Gasteiger charge is 2.20. The van der Waals surface area contributed by atoms with E-state index in [2.05, 4.69) is 16.7 Å². The first kappa shape index (κ1) is 16.4. The van der Waals surface area contributed by atoms with Crippen LogP contribution in [0.2, 0.25) is 0 Å². The number of nitrogens with zero attached hydrogens (tertiary/aromatic N) is 1. The summed E-state index contributed by atoms with van der Waals surface area (Å²) in [7, 11) is -1.50. The van der Waals surface area contributed by atoms with Crippen molar-refractivity contribution in [2.24, 2.45) is 5.92 Å². The molecule has 1 aromatic heterocycles. The van der Waals surface area contributed by atoms with Crippen molar-refractivity contribution in [1.29, 1.82) is 0 Å². The summed E-state index contributed by atoms with van der Waals surface area (Å²) in [6.45, 7) is 2.52. The Morgan fingerprint density at radius 1 is 1.48 bits per heavy atom. The molecule has 6 nitrogen and oxygen atoms in total. The molecule has 118 valence electrons. The molecule has 8 heteroatoms. The first-order valence-corrected chi connectivity index (χ1v) is 9.25. The second-order valence-electron chi connectivity index (χ2n) is 5.39. The molecule has 0 amide bonds. The third kappa shape index (κ3) is 4.50. The highest BCUT2D eigenvalue weighted by Crippen LogP contribution is 2.21. The first-order valence-electron chi connectivity index (χ1n) is 6.88. The van der Waals surface area contributed by atoms with Crippen molar-refractivity contribution in [2.75, 3.05) is 26.7 Å². The monoisotopic (exact) mass is 332 g/mol. The van der Waals surface area contributed by atoms with Crippen molar-refractivity contribution in [3.05, 3.63) is 17.0 Å². The predicted octanol–water partition coefficient (Wildman–Crippen LogP) is 1.46. The zero-order chi connectivity index (χ0) is 15.5. The van der Waals surface area contributed by atoms with E-state index in [4.69, 9.17) is 5.11 Å². The Balaban J connectivity index is 1.85. The molecule has 1 aliphatic rings. The number of rotatable bonds is 6. The standard InChI is InChI=1S/C13H20N2O4S2/c1-15-6-3-10(4-7-15)2-5-14-21(18,19)12-8-11(9-20-12)13(16)17/h8-10,14H,2-7H2,1H3,(H,16,17). The SMILES string of the molecule is CN1CCC(CCNS(=O)(=O)c2cc(C(=O)O)cs2)CC1. The van der Waals surface area contributed by atoms with E-state index in [0.717, 1.165) is 43.7 Å². The lowest BCUT2D eigenvalue weighted by Crippen LogP contribution is -2.32. The number of likely N-dealkylation sites (tertiary alicyclic amines) is 1.